The summed E-state index contributed by atoms with van der Waals surface area (Å²) in [5, 5.41) is 16.5. The van der Waals surface area contributed by atoms with Crippen molar-refractivity contribution in [1.82, 2.24) is 0 Å². The highest BCUT2D eigenvalue weighted by atomic mass is 16.5. The van der Waals surface area contributed by atoms with Crippen molar-refractivity contribution in [3.63, 3.8) is 0 Å². The van der Waals surface area contributed by atoms with Gasteiger partial charge in [0.2, 0.25) is 0 Å². The molecule has 100 valence electrons. The molecule has 6 heteroatoms. The molecule has 0 aliphatic carbocycles. The Hall–Kier alpha value is -0.240. The van der Waals surface area contributed by atoms with Gasteiger partial charge < -0.3 is 29.2 Å². The number of aliphatic hydroxyl groups is 2. The lowest BCUT2D eigenvalue weighted by Gasteiger charge is -2.01. The van der Waals surface area contributed by atoms with Crippen molar-refractivity contribution in [2.24, 2.45) is 0 Å². The lowest BCUT2D eigenvalue weighted by Crippen LogP contribution is -2.09. The Kier molecular flexibility index (Phi) is 22.9. The van der Waals surface area contributed by atoms with Gasteiger partial charge in [0.1, 0.15) is 0 Å². The molecule has 0 saturated carbocycles. The van der Waals surface area contributed by atoms with Crippen LogP contribution in [0.25, 0.3) is 0 Å². The Morgan fingerprint density at radius 2 is 1.00 bits per heavy atom. The monoisotopic (exact) mass is 240 g/mol. The van der Waals surface area contributed by atoms with Crippen LogP contribution in [0, 0.1) is 0 Å². The van der Waals surface area contributed by atoms with Gasteiger partial charge in [-0.3, -0.25) is 0 Å². The second-order valence-electron chi connectivity index (χ2n) is 2.66. The molecule has 0 radical (unpaired) electrons. The van der Waals surface area contributed by atoms with E-state index in [0.29, 0.717) is 39.6 Å². The zero-order valence-electron chi connectivity index (χ0n) is 10.2. The number of hydrogen-bond donors (Lipinski definition) is 2. The Morgan fingerprint density at radius 1 is 0.625 bits per heavy atom. The number of rotatable bonds is 10. The minimum Gasteiger partial charge on any atom is -0.394 e. The largest absolute Gasteiger partial charge is 0.394 e. The van der Waals surface area contributed by atoms with E-state index in [1.54, 1.807) is 14.2 Å². The molecule has 0 spiro atoms. The summed E-state index contributed by atoms with van der Waals surface area (Å²) in [7, 11) is 3.30. The van der Waals surface area contributed by atoms with Gasteiger partial charge >= 0.3 is 0 Å². The molecule has 0 aliphatic rings. The molecule has 0 atom stereocenters. The zero-order valence-corrected chi connectivity index (χ0v) is 10.2. The maximum Gasteiger partial charge on any atom is 0.0701 e. The third kappa shape index (κ3) is 23.5. The molecule has 0 aromatic carbocycles. The summed E-state index contributed by atoms with van der Waals surface area (Å²) < 4.78 is 19.1. The predicted octanol–water partition coefficient (Wildman–Crippen LogP) is -0.717. The molecule has 0 amide bonds. The fraction of sp³-hybridized carbons (Fsp3) is 1.00. The first-order valence-corrected chi connectivity index (χ1v) is 5.18. The van der Waals surface area contributed by atoms with Crippen LogP contribution in [0.15, 0.2) is 0 Å². The molecule has 0 rings (SSSR count). The maximum absolute atomic E-state index is 8.26. The fourth-order valence-corrected chi connectivity index (χ4v) is 0.618. The van der Waals surface area contributed by atoms with E-state index in [1.165, 1.54) is 0 Å². The van der Waals surface area contributed by atoms with E-state index >= 15 is 0 Å². The first kappa shape index (κ1) is 18.1. The highest BCUT2D eigenvalue weighted by molar-refractivity contribution is 4.30. The molecule has 0 aromatic heterocycles. The van der Waals surface area contributed by atoms with Gasteiger partial charge in [0, 0.05) is 14.2 Å². The van der Waals surface area contributed by atoms with Crippen LogP contribution in [0.5, 0.6) is 0 Å². The van der Waals surface area contributed by atoms with Crippen LogP contribution in [0.2, 0.25) is 0 Å². The molecule has 16 heavy (non-hydrogen) atoms. The zero-order chi connectivity index (χ0) is 12.5. The normalized spacial score (nSPS) is 9.75. The van der Waals surface area contributed by atoms with Gasteiger partial charge in [-0.1, -0.05) is 0 Å². The minimum atomic E-state index is 0.0417. The molecule has 0 aliphatic heterocycles. The molecule has 0 unspecified atom stereocenters. The summed E-state index contributed by atoms with van der Waals surface area (Å²) in [5.74, 6) is 0. The highest BCUT2D eigenvalue weighted by Crippen LogP contribution is 1.76. The van der Waals surface area contributed by atoms with Gasteiger partial charge in [0.05, 0.1) is 52.9 Å². The fourth-order valence-electron chi connectivity index (χ4n) is 0.618. The number of methoxy groups -OCH3 is 2. The molecular formula is C10H24O6. The molecular weight excluding hydrogens is 216 g/mol. The molecule has 6 nitrogen and oxygen atoms in total. The van der Waals surface area contributed by atoms with Gasteiger partial charge in [-0.2, -0.15) is 0 Å². The number of ether oxygens (including phenoxy) is 4. The molecule has 0 heterocycles. The highest BCUT2D eigenvalue weighted by Gasteiger charge is 1.86. The molecule has 0 fully saturated rings. The maximum atomic E-state index is 8.26. The van der Waals surface area contributed by atoms with Crippen LogP contribution in [-0.4, -0.2) is 77.3 Å². The summed E-state index contributed by atoms with van der Waals surface area (Å²) in [6.45, 7) is 3.11. The number of aliphatic hydroxyl groups excluding tert-OH is 2. The van der Waals surface area contributed by atoms with Crippen molar-refractivity contribution < 1.29 is 29.2 Å². The predicted molar refractivity (Wildman–Crippen MR) is 59.6 cm³/mol. The second kappa shape index (κ2) is 20.2. The van der Waals surface area contributed by atoms with Gasteiger partial charge in [0.15, 0.2) is 0 Å². The summed E-state index contributed by atoms with van der Waals surface area (Å²) in [6.07, 6.45) is 0. The quantitative estimate of drug-likeness (QED) is 0.491. The first-order valence-electron chi connectivity index (χ1n) is 5.18. The molecule has 0 bridgehead atoms. The van der Waals surface area contributed by atoms with E-state index in [9.17, 15) is 0 Å². The summed E-state index contributed by atoms with van der Waals surface area (Å²) in [4.78, 5) is 0. The Morgan fingerprint density at radius 3 is 1.25 bits per heavy atom. The molecule has 2 N–H and O–H groups in total. The Labute approximate surface area is 97.1 Å². The van der Waals surface area contributed by atoms with Crippen LogP contribution in [-0.2, 0) is 18.9 Å². The molecule has 0 aromatic rings. The smallest absolute Gasteiger partial charge is 0.0701 e. The SMILES string of the molecule is COCCOC.OCCOCCOCCO. The van der Waals surface area contributed by atoms with Crippen molar-refractivity contribution >= 4 is 0 Å². The van der Waals surface area contributed by atoms with E-state index in [4.69, 9.17) is 19.7 Å². The van der Waals surface area contributed by atoms with Crippen molar-refractivity contribution in [3.8, 4) is 0 Å². The van der Waals surface area contributed by atoms with Crippen molar-refractivity contribution in [2.75, 3.05) is 67.1 Å². The minimum absolute atomic E-state index is 0.0417. The van der Waals surface area contributed by atoms with Gasteiger partial charge in [0.25, 0.3) is 0 Å². The van der Waals surface area contributed by atoms with E-state index in [0.717, 1.165) is 0 Å². The van der Waals surface area contributed by atoms with Crippen LogP contribution < -0.4 is 0 Å². The van der Waals surface area contributed by atoms with Crippen molar-refractivity contribution in [2.45, 2.75) is 0 Å². The topological polar surface area (TPSA) is 77.4 Å². The summed E-state index contributed by atoms with van der Waals surface area (Å²) in [6, 6.07) is 0. The van der Waals surface area contributed by atoms with E-state index < -0.39 is 0 Å². The van der Waals surface area contributed by atoms with Crippen LogP contribution in [0.3, 0.4) is 0 Å². The number of hydrogen-bond acceptors (Lipinski definition) is 6. The average Bonchev–Trinajstić information content (AvgIpc) is 2.32. The van der Waals surface area contributed by atoms with E-state index in [2.05, 4.69) is 9.47 Å². The Bertz CT molecular complexity index is 89.3. The first-order chi connectivity index (χ1) is 7.83. The van der Waals surface area contributed by atoms with Crippen LogP contribution in [0.4, 0.5) is 0 Å². The standard InChI is InChI=1S/C6H14O4.C4H10O2/c7-1-3-9-5-6-10-4-2-8;1-5-3-4-6-2/h7-8H,1-6H2;3-4H2,1-2H3. The average molecular weight is 240 g/mol. The summed E-state index contributed by atoms with van der Waals surface area (Å²) >= 11 is 0. The van der Waals surface area contributed by atoms with Gasteiger partial charge in [-0.25, -0.2) is 0 Å². The van der Waals surface area contributed by atoms with Gasteiger partial charge in [-0.05, 0) is 0 Å². The van der Waals surface area contributed by atoms with E-state index in [1.807, 2.05) is 0 Å². The third-order valence-electron chi connectivity index (χ3n) is 1.33. The lowest BCUT2D eigenvalue weighted by molar-refractivity contribution is 0.0222. The van der Waals surface area contributed by atoms with Gasteiger partial charge in [-0.15, -0.1) is 0 Å². The second-order valence-corrected chi connectivity index (χ2v) is 2.66. The van der Waals surface area contributed by atoms with Crippen molar-refractivity contribution in [1.29, 1.82) is 0 Å². The Balaban J connectivity index is 0. The third-order valence-corrected chi connectivity index (χ3v) is 1.33. The lowest BCUT2D eigenvalue weighted by atomic mass is 10.7. The van der Waals surface area contributed by atoms with E-state index in [-0.39, 0.29) is 13.2 Å². The van der Waals surface area contributed by atoms with Crippen LogP contribution in [0.1, 0.15) is 0 Å². The summed E-state index contributed by atoms with van der Waals surface area (Å²) in [5.41, 5.74) is 0. The van der Waals surface area contributed by atoms with Crippen molar-refractivity contribution in [3.05, 3.63) is 0 Å². The molecule has 0 saturated heterocycles. The van der Waals surface area contributed by atoms with Crippen LogP contribution >= 0.6 is 0 Å².